The highest BCUT2D eigenvalue weighted by molar-refractivity contribution is 7.89. The van der Waals surface area contributed by atoms with Crippen LogP contribution in [0.15, 0.2) is 29.4 Å². The van der Waals surface area contributed by atoms with Gasteiger partial charge in [-0.3, -0.25) is 4.98 Å². The quantitative estimate of drug-likeness (QED) is 0.774. The van der Waals surface area contributed by atoms with E-state index in [0.29, 0.717) is 12.4 Å². The second-order valence-corrected chi connectivity index (χ2v) is 5.95. The molecule has 1 unspecified atom stereocenters. The Morgan fingerprint density at radius 2 is 2.38 bits per heavy atom. The molecular weight excluding hydrogens is 248 g/mol. The fourth-order valence-electron chi connectivity index (χ4n) is 1.91. The molecule has 1 aliphatic heterocycles. The van der Waals surface area contributed by atoms with Crippen molar-refractivity contribution in [3.8, 4) is 0 Å². The number of halogens is 1. The molecule has 1 fully saturated rings. The second-order valence-electron chi connectivity index (χ2n) is 3.75. The van der Waals surface area contributed by atoms with Gasteiger partial charge in [-0.25, -0.2) is 8.42 Å². The Labute approximate surface area is 100 Å². The van der Waals surface area contributed by atoms with E-state index in [0.717, 1.165) is 12.8 Å². The van der Waals surface area contributed by atoms with E-state index in [4.69, 9.17) is 11.6 Å². The maximum absolute atomic E-state index is 12.2. The van der Waals surface area contributed by atoms with Gasteiger partial charge < -0.3 is 0 Å². The molecule has 16 heavy (non-hydrogen) atoms. The van der Waals surface area contributed by atoms with Crippen molar-refractivity contribution in [3.63, 3.8) is 0 Å². The zero-order valence-corrected chi connectivity index (χ0v) is 10.3. The van der Waals surface area contributed by atoms with Crippen molar-refractivity contribution in [1.29, 1.82) is 0 Å². The normalized spacial score (nSPS) is 22.4. The average Bonchev–Trinajstić information content (AvgIpc) is 2.79. The number of hydrogen-bond donors (Lipinski definition) is 0. The van der Waals surface area contributed by atoms with E-state index >= 15 is 0 Å². The largest absolute Gasteiger partial charge is 0.263 e. The predicted molar refractivity (Wildman–Crippen MR) is 61.9 cm³/mol. The highest BCUT2D eigenvalue weighted by atomic mass is 35.5. The molecule has 88 valence electrons. The van der Waals surface area contributed by atoms with Gasteiger partial charge in [-0.1, -0.05) is 0 Å². The molecule has 1 aliphatic rings. The molecule has 0 bridgehead atoms. The number of alkyl halides is 1. The smallest absolute Gasteiger partial charge is 0.244 e. The molecule has 2 rings (SSSR count). The lowest BCUT2D eigenvalue weighted by Crippen LogP contribution is -2.36. The summed E-state index contributed by atoms with van der Waals surface area (Å²) in [6.07, 6.45) is 4.64. The van der Waals surface area contributed by atoms with Gasteiger partial charge in [0.2, 0.25) is 10.0 Å². The highest BCUT2D eigenvalue weighted by Gasteiger charge is 2.34. The zero-order valence-electron chi connectivity index (χ0n) is 8.71. The lowest BCUT2D eigenvalue weighted by molar-refractivity contribution is 0.411. The molecule has 2 heterocycles. The van der Waals surface area contributed by atoms with Crippen LogP contribution < -0.4 is 0 Å². The zero-order chi connectivity index (χ0) is 11.6. The number of aromatic nitrogens is 1. The SMILES string of the molecule is O=S(=O)(c1cccnc1)N1CCCC1CCl. The van der Waals surface area contributed by atoms with Gasteiger partial charge in [0.1, 0.15) is 4.90 Å². The first-order valence-corrected chi connectivity index (χ1v) is 7.11. The van der Waals surface area contributed by atoms with Crippen molar-refractivity contribution in [2.45, 2.75) is 23.8 Å². The first-order valence-electron chi connectivity index (χ1n) is 5.14. The molecule has 1 aromatic rings. The Morgan fingerprint density at radius 3 is 3.00 bits per heavy atom. The Morgan fingerprint density at radius 1 is 1.56 bits per heavy atom. The van der Waals surface area contributed by atoms with Crippen LogP contribution in [0.5, 0.6) is 0 Å². The lowest BCUT2D eigenvalue weighted by Gasteiger charge is -2.21. The monoisotopic (exact) mass is 260 g/mol. The third-order valence-corrected chi connectivity index (χ3v) is 5.03. The summed E-state index contributed by atoms with van der Waals surface area (Å²) in [6, 6.07) is 3.11. The van der Waals surface area contributed by atoms with Crippen molar-refractivity contribution < 1.29 is 8.42 Å². The van der Waals surface area contributed by atoms with Crippen molar-refractivity contribution >= 4 is 21.6 Å². The van der Waals surface area contributed by atoms with Crippen molar-refractivity contribution in [1.82, 2.24) is 9.29 Å². The standard InChI is InChI=1S/C10H13ClN2O2S/c11-7-9-3-2-6-13(9)16(14,15)10-4-1-5-12-8-10/h1,4-5,8-9H,2-3,6-7H2. The van der Waals surface area contributed by atoms with Crippen molar-refractivity contribution in [2.75, 3.05) is 12.4 Å². The minimum Gasteiger partial charge on any atom is -0.263 e. The summed E-state index contributed by atoms with van der Waals surface area (Å²) >= 11 is 5.77. The number of hydrogen-bond acceptors (Lipinski definition) is 3. The molecule has 1 aromatic heterocycles. The van der Waals surface area contributed by atoms with E-state index in [2.05, 4.69) is 4.98 Å². The molecular formula is C10H13ClN2O2S. The van der Waals surface area contributed by atoms with Crippen LogP contribution in [0.4, 0.5) is 0 Å². The van der Waals surface area contributed by atoms with Gasteiger partial charge in [-0.05, 0) is 25.0 Å². The molecule has 0 spiro atoms. The van der Waals surface area contributed by atoms with Crippen LogP contribution in [0.3, 0.4) is 0 Å². The number of nitrogens with zero attached hydrogens (tertiary/aromatic N) is 2. The van der Waals surface area contributed by atoms with Crippen molar-refractivity contribution in [3.05, 3.63) is 24.5 Å². The number of sulfonamides is 1. The van der Waals surface area contributed by atoms with E-state index in [1.54, 1.807) is 18.3 Å². The summed E-state index contributed by atoms with van der Waals surface area (Å²) in [5, 5.41) is 0. The second kappa shape index (κ2) is 4.69. The van der Waals surface area contributed by atoms with E-state index in [1.807, 2.05) is 0 Å². The van der Waals surface area contributed by atoms with Crippen LogP contribution >= 0.6 is 11.6 Å². The average molecular weight is 261 g/mol. The summed E-state index contributed by atoms with van der Waals surface area (Å²) in [5.74, 6) is 0.347. The van der Waals surface area contributed by atoms with E-state index in [-0.39, 0.29) is 10.9 Å². The minimum absolute atomic E-state index is 0.0770. The molecule has 4 nitrogen and oxygen atoms in total. The summed E-state index contributed by atoms with van der Waals surface area (Å²) in [5.41, 5.74) is 0. The van der Waals surface area contributed by atoms with Crippen LogP contribution in [0.2, 0.25) is 0 Å². The van der Waals surface area contributed by atoms with Gasteiger partial charge in [0.05, 0.1) is 0 Å². The fourth-order valence-corrected chi connectivity index (χ4v) is 3.97. The molecule has 0 amide bonds. The minimum atomic E-state index is -3.41. The number of rotatable bonds is 3. The Balaban J connectivity index is 2.33. The summed E-state index contributed by atoms with van der Waals surface area (Å²) < 4.78 is 25.9. The van der Waals surface area contributed by atoms with Crippen molar-refractivity contribution in [2.24, 2.45) is 0 Å². The molecule has 0 radical (unpaired) electrons. The van der Waals surface area contributed by atoms with Crippen LogP contribution in [0.1, 0.15) is 12.8 Å². The molecule has 0 aliphatic carbocycles. The summed E-state index contributed by atoms with van der Waals surface area (Å²) in [6.45, 7) is 0.550. The first-order chi connectivity index (χ1) is 7.66. The van der Waals surface area contributed by atoms with Gasteiger partial charge >= 0.3 is 0 Å². The summed E-state index contributed by atoms with van der Waals surface area (Å²) in [7, 11) is -3.41. The Bertz CT molecular complexity index is 449. The Hall–Kier alpha value is -0.650. The van der Waals surface area contributed by atoms with Gasteiger partial charge in [0.25, 0.3) is 0 Å². The fraction of sp³-hybridized carbons (Fsp3) is 0.500. The molecule has 0 aromatic carbocycles. The van der Waals surface area contributed by atoms with Gasteiger partial charge in [-0.2, -0.15) is 4.31 Å². The van der Waals surface area contributed by atoms with E-state index in [1.165, 1.54) is 10.5 Å². The molecule has 6 heteroatoms. The summed E-state index contributed by atoms with van der Waals surface area (Å²) in [4.78, 5) is 4.08. The third kappa shape index (κ3) is 2.07. The third-order valence-electron chi connectivity index (χ3n) is 2.74. The van der Waals surface area contributed by atoms with Gasteiger partial charge in [0, 0.05) is 30.9 Å². The van der Waals surface area contributed by atoms with E-state index < -0.39 is 10.0 Å². The number of pyridine rings is 1. The molecule has 1 atom stereocenters. The van der Waals surface area contributed by atoms with Gasteiger partial charge in [-0.15, -0.1) is 11.6 Å². The van der Waals surface area contributed by atoms with Crippen LogP contribution in [-0.2, 0) is 10.0 Å². The maximum Gasteiger partial charge on any atom is 0.244 e. The molecule has 0 N–H and O–H groups in total. The molecule has 0 saturated carbocycles. The van der Waals surface area contributed by atoms with Crippen LogP contribution in [0.25, 0.3) is 0 Å². The van der Waals surface area contributed by atoms with E-state index in [9.17, 15) is 8.42 Å². The van der Waals surface area contributed by atoms with Crippen LogP contribution in [-0.4, -0.2) is 36.2 Å². The molecule has 1 saturated heterocycles. The highest BCUT2D eigenvalue weighted by Crippen LogP contribution is 2.26. The maximum atomic E-state index is 12.2. The Kier molecular flexibility index (Phi) is 3.47. The topological polar surface area (TPSA) is 50.3 Å². The lowest BCUT2D eigenvalue weighted by atomic mass is 10.3. The predicted octanol–water partition coefficient (Wildman–Crippen LogP) is 1.47. The first kappa shape index (κ1) is 11.8. The van der Waals surface area contributed by atoms with Gasteiger partial charge in [0.15, 0.2) is 0 Å². The van der Waals surface area contributed by atoms with Crippen LogP contribution in [0, 0.1) is 0 Å².